The van der Waals surface area contributed by atoms with E-state index >= 15 is 0 Å². The smallest absolute Gasteiger partial charge is 0.272 e. The maximum atomic E-state index is 12.0. The molecule has 2 N–H and O–H groups in total. The zero-order valence-corrected chi connectivity index (χ0v) is 9.39. The molecule has 0 spiro atoms. The summed E-state index contributed by atoms with van der Waals surface area (Å²) in [6, 6.07) is 0. The Morgan fingerprint density at radius 2 is 2.25 bits per heavy atom. The molecule has 1 saturated carbocycles. The van der Waals surface area contributed by atoms with Gasteiger partial charge in [-0.2, -0.15) is 0 Å². The predicted octanol–water partition coefficient (Wildman–Crippen LogP) is -0.0166. The number of hydrogen-bond acceptors (Lipinski definition) is 3. The monoisotopic (exact) mass is 220 g/mol. The van der Waals surface area contributed by atoms with Crippen LogP contribution < -0.4 is 5.73 Å². The van der Waals surface area contributed by atoms with E-state index in [9.17, 15) is 4.79 Å². The summed E-state index contributed by atoms with van der Waals surface area (Å²) in [5.74, 6) is 0.685. The Morgan fingerprint density at radius 1 is 1.56 bits per heavy atom. The number of carbonyl (C=O) groups is 1. The molecule has 2 fully saturated rings. The van der Waals surface area contributed by atoms with Gasteiger partial charge in [-0.25, -0.2) is 4.98 Å². The first-order chi connectivity index (χ1) is 7.60. The van der Waals surface area contributed by atoms with Crippen LogP contribution >= 0.6 is 0 Å². The third kappa shape index (κ3) is 1.35. The lowest BCUT2D eigenvalue weighted by Crippen LogP contribution is -2.69. The molecule has 86 valence electrons. The van der Waals surface area contributed by atoms with Crippen molar-refractivity contribution >= 4 is 5.91 Å². The highest BCUT2D eigenvalue weighted by Gasteiger charge is 2.51. The first-order valence-electron chi connectivity index (χ1n) is 5.65. The van der Waals surface area contributed by atoms with Crippen LogP contribution in [-0.4, -0.2) is 39.0 Å². The minimum Gasteiger partial charge on any atom is -0.333 e. The SMILES string of the molecule is Cn1cncc1C(=O)N1CC(N)(C2CC2)C1. The van der Waals surface area contributed by atoms with Gasteiger partial charge in [0.2, 0.25) is 0 Å². The van der Waals surface area contributed by atoms with Crippen LogP contribution in [0.2, 0.25) is 0 Å². The summed E-state index contributed by atoms with van der Waals surface area (Å²) in [4.78, 5) is 17.8. The second-order valence-electron chi connectivity index (χ2n) is 5.06. The second kappa shape index (κ2) is 3.07. The number of nitrogens with zero attached hydrogens (tertiary/aromatic N) is 3. The van der Waals surface area contributed by atoms with Crippen LogP contribution in [0.5, 0.6) is 0 Å². The lowest BCUT2D eigenvalue weighted by Gasteiger charge is -2.48. The van der Waals surface area contributed by atoms with Crippen LogP contribution in [0, 0.1) is 5.92 Å². The molecule has 5 heteroatoms. The maximum Gasteiger partial charge on any atom is 0.272 e. The molecule has 1 aromatic heterocycles. The number of nitrogens with two attached hydrogens (primary N) is 1. The molecule has 0 atom stereocenters. The van der Waals surface area contributed by atoms with Gasteiger partial charge in [-0.1, -0.05) is 0 Å². The molecular formula is C11H16N4O. The number of amides is 1. The standard InChI is InChI=1S/C11H16N4O/c1-14-7-13-4-9(14)10(16)15-5-11(12,6-15)8-2-3-8/h4,7-8H,2-3,5-6,12H2,1H3. The largest absolute Gasteiger partial charge is 0.333 e. The zero-order chi connectivity index (χ0) is 11.3. The van der Waals surface area contributed by atoms with Crippen molar-refractivity contribution in [3.63, 3.8) is 0 Å². The normalized spacial score (nSPS) is 23.0. The van der Waals surface area contributed by atoms with Gasteiger partial charge in [0.05, 0.1) is 18.1 Å². The molecule has 2 aliphatic rings. The summed E-state index contributed by atoms with van der Waals surface area (Å²) in [6.45, 7) is 1.39. The van der Waals surface area contributed by atoms with E-state index in [1.165, 1.54) is 12.8 Å². The summed E-state index contributed by atoms with van der Waals surface area (Å²) in [6.07, 6.45) is 5.70. The molecule has 1 aliphatic carbocycles. The molecule has 3 rings (SSSR count). The molecule has 16 heavy (non-hydrogen) atoms. The fraction of sp³-hybridized carbons (Fsp3) is 0.636. The first kappa shape index (κ1) is 9.84. The Hall–Kier alpha value is -1.36. The van der Waals surface area contributed by atoms with Crippen molar-refractivity contribution < 1.29 is 4.79 Å². The highest BCUT2D eigenvalue weighted by atomic mass is 16.2. The summed E-state index contributed by atoms with van der Waals surface area (Å²) >= 11 is 0. The second-order valence-corrected chi connectivity index (χ2v) is 5.06. The average molecular weight is 220 g/mol. The van der Waals surface area contributed by atoms with Gasteiger partial charge in [-0.3, -0.25) is 4.79 Å². The highest BCUT2D eigenvalue weighted by Crippen LogP contribution is 2.43. The third-order valence-electron chi connectivity index (χ3n) is 3.68. The van der Waals surface area contributed by atoms with E-state index in [4.69, 9.17) is 5.73 Å². The average Bonchev–Trinajstić information content (AvgIpc) is 2.97. The summed E-state index contributed by atoms with van der Waals surface area (Å²) in [5.41, 5.74) is 6.75. The molecule has 1 saturated heterocycles. The maximum absolute atomic E-state index is 12.0. The van der Waals surface area contributed by atoms with Crippen molar-refractivity contribution in [3.8, 4) is 0 Å². The van der Waals surface area contributed by atoms with Gasteiger partial charge in [0.25, 0.3) is 5.91 Å². The molecule has 0 radical (unpaired) electrons. The summed E-state index contributed by atoms with van der Waals surface area (Å²) in [5, 5.41) is 0. The fourth-order valence-corrected chi connectivity index (χ4v) is 2.45. The van der Waals surface area contributed by atoms with Crippen molar-refractivity contribution in [2.24, 2.45) is 18.7 Å². The summed E-state index contributed by atoms with van der Waals surface area (Å²) in [7, 11) is 1.83. The van der Waals surface area contributed by atoms with E-state index in [1.807, 2.05) is 11.9 Å². The van der Waals surface area contributed by atoms with E-state index in [0.29, 0.717) is 24.7 Å². The lowest BCUT2D eigenvalue weighted by atomic mass is 9.85. The molecule has 1 aromatic rings. The van der Waals surface area contributed by atoms with Crippen LogP contribution in [0.4, 0.5) is 0 Å². The van der Waals surface area contributed by atoms with Crippen LogP contribution in [0.25, 0.3) is 0 Å². The van der Waals surface area contributed by atoms with Gasteiger partial charge >= 0.3 is 0 Å². The number of carbonyl (C=O) groups excluding carboxylic acids is 1. The van der Waals surface area contributed by atoms with Gasteiger partial charge in [-0.05, 0) is 18.8 Å². The minimum atomic E-state index is -0.103. The van der Waals surface area contributed by atoms with Gasteiger partial charge < -0.3 is 15.2 Å². The van der Waals surface area contributed by atoms with E-state index in [2.05, 4.69) is 4.98 Å². The Balaban J connectivity index is 1.68. The first-order valence-corrected chi connectivity index (χ1v) is 5.65. The molecule has 0 unspecified atom stereocenters. The topological polar surface area (TPSA) is 64.2 Å². The lowest BCUT2D eigenvalue weighted by molar-refractivity contribution is 0.0341. The number of aryl methyl sites for hydroxylation is 1. The van der Waals surface area contributed by atoms with Gasteiger partial charge in [-0.15, -0.1) is 0 Å². The van der Waals surface area contributed by atoms with E-state index in [0.717, 1.165) is 0 Å². The van der Waals surface area contributed by atoms with Crippen molar-refractivity contribution in [1.82, 2.24) is 14.5 Å². The Morgan fingerprint density at radius 3 is 2.75 bits per heavy atom. The molecule has 1 aliphatic heterocycles. The third-order valence-corrected chi connectivity index (χ3v) is 3.68. The fourth-order valence-electron chi connectivity index (χ4n) is 2.45. The van der Waals surface area contributed by atoms with Crippen molar-refractivity contribution in [3.05, 3.63) is 18.2 Å². The minimum absolute atomic E-state index is 0.0433. The van der Waals surface area contributed by atoms with E-state index < -0.39 is 0 Å². The number of imidazole rings is 1. The zero-order valence-electron chi connectivity index (χ0n) is 9.39. The molecule has 0 bridgehead atoms. The number of hydrogen-bond donors (Lipinski definition) is 1. The highest BCUT2D eigenvalue weighted by molar-refractivity contribution is 5.93. The predicted molar refractivity (Wildman–Crippen MR) is 58.8 cm³/mol. The molecule has 0 aromatic carbocycles. The van der Waals surface area contributed by atoms with Crippen molar-refractivity contribution in [1.29, 1.82) is 0 Å². The Bertz CT molecular complexity index is 429. The number of rotatable bonds is 2. The molecule has 1 amide bonds. The van der Waals surface area contributed by atoms with Gasteiger partial charge in [0.1, 0.15) is 5.69 Å². The van der Waals surface area contributed by atoms with Crippen LogP contribution in [0.1, 0.15) is 23.3 Å². The van der Waals surface area contributed by atoms with Crippen molar-refractivity contribution in [2.75, 3.05) is 13.1 Å². The van der Waals surface area contributed by atoms with E-state index in [-0.39, 0.29) is 11.4 Å². The quantitative estimate of drug-likeness (QED) is 0.762. The molecule has 5 nitrogen and oxygen atoms in total. The van der Waals surface area contributed by atoms with E-state index in [1.54, 1.807) is 17.1 Å². The van der Waals surface area contributed by atoms with Crippen molar-refractivity contribution in [2.45, 2.75) is 18.4 Å². The molecule has 2 heterocycles. The number of aromatic nitrogens is 2. The Labute approximate surface area is 94.2 Å². The van der Waals surface area contributed by atoms with Gasteiger partial charge in [0, 0.05) is 20.1 Å². The van der Waals surface area contributed by atoms with Crippen LogP contribution in [-0.2, 0) is 7.05 Å². The van der Waals surface area contributed by atoms with Crippen LogP contribution in [0.3, 0.4) is 0 Å². The van der Waals surface area contributed by atoms with Gasteiger partial charge in [0.15, 0.2) is 0 Å². The molecular weight excluding hydrogens is 204 g/mol. The van der Waals surface area contributed by atoms with Crippen LogP contribution in [0.15, 0.2) is 12.5 Å². The Kier molecular flexibility index (Phi) is 1.89. The number of likely N-dealkylation sites (tertiary alicyclic amines) is 1. The summed E-state index contributed by atoms with van der Waals surface area (Å²) < 4.78 is 1.75.